The van der Waals surface area contributed by atoms with Crippen molar-refractivity contribution < 1.29 is 19.7 Å². The second-order valence-corrected chi connectivity index (χ2v) is 8.74. The summed E-state index contributed by atoms with van der Waals surface area (Å²) in [5.74, 6) is 0.980. The summed E-state index contributed by atoms with van der Waals surface area (Å²) in [4.78, 5) is 15.9. The summed E-state index contributed by atoms with van der Waals surface area (Å²) >= 11 is 6.22. The van der Waals surface area contributed by atoms with E-state index in [1.165, 1.54) is 0 Å². The molecule has 0 aliphatic heterocycles. The number of benzene rings is 1. The summed E-state index contributed by atoms with van der Waals surface area (Å²) in [6, 6.07) is 7.89. The van der Waals surface area contributed by atoms with Crippen LogP contribution >= 0.6 is 11.6 Å². The summed E-state index contributed by atoms with van der Waals surface area (Å²) in [6.45, 7) is 3.12. The van der Waals surface area contributed by atoms with Crippen molar-refractivity contribution in [2.45, 2.75) is 71.4 Å². The number of aliphatic hydroxyl groups is 1. The van der Waals surface area contributed by atoms with Gasteiger partial charge in [0, 0.05) is 13.0 Å². The number of unbranched alkanes of at least 4 members (excludes halogenated alkanes) is 1. The van der Waals surface area contributed by atoms with E-state index in [4.69, 9.17) is 16.3 Å². The fourth-order valence-electron chi connectivity index (χ4n) is 4.45. The van der Waals surface area contributed by atoms with E-state index in [1.807, 2.05) is 28.8 Å². The maximum atomic E-state index is 11.4. The lowest BCUT2D eigenvalue weighted by Crippen LogP contribution is -2.28. The molecule has 31 heavy (non-hydrogen) atoms. The number of carboxylic acid groups (broad SMARTS) is 1. The van der Waals surface area contributed by atoms with Crippen LogP contribution in [-0.4, -0.2) is 32.3 Å². The predicted molar refractivity (Wildman–Crippen MR) is 121 cm³/mol. The second-order valence-electron chi connectivity index (χ2n) is 8.38. The zero-order valence-corrected chi connectivity index (χ0v) is 19.0. The molecule has 2 atom stereocenters. The molecule has 170 valence electrons. The van der Waals surface area contributed by atoms with Crippen LogP contribution in [0.2, 0.25) is 5.15 Å². The number of hydrogen-bond donors (Lipinski definition) is 2. The zero-order valence-electron chi connectivity index (χ0n) is 18.2. The molecule has 1 aromatic carbocycles. The molecule has 6 nitrogen and oxygen atoms in total. The van der Waals surface area contributed by atoms with E-state index < -0.39 is 5.97 Å². The molecular weight excluding hydrogens is 416 g/mol. The van der Waals surface area contributed by atoms with Gasteiger partial charge in [0.2, 0.25) is 0 Å². The van der Waals surface area contributed by atoms with Crippen molar-refractivity contribution >= 4 is 17.6 Å². The summed E-state index contributed by atoms with van der Waals surface area (Å²) in [5, 5.41) is 19.5. The maximum Gasteiger partial charge on any atom is 0.306 e. The van der Waals surface area contributed by atoms with Crippen LogP contribution in [0.3, 0.4) is 0 Å². The number of hydrogen-bond acceptors (Lipinski definition) is 4. The molecule has 1 aliphatic rings. The summed E-state index contributed by atoms with van der Waals surface area (Å²) < 4.78 is 7.90. The average Bonchev–Trinajstić information content (AvgIpc) is 3.07. The first-order chi connectivity index (χ1) is 15.0. The summed E-state index contributed by atoms with van der Waals surface area (Å²) in [7, 11) is 0. The quantitative estimate of drug-likeness (QED) is 0.500. The Bertz CT molecular complexity index is 850. The van der Waals surface area contributed by atoms with Gasteiger partial charge in [-0.15, -0.1) is 0 Å². The number of aliphatic carboxylic acids is 1. The third-order valence-electron chi connectivity index (χ3n) is 6.25. The van der Waals surface area contributed by atoms with Crippen molar-refractivity contribution in [3.8, 4) is 5.75 Å². The van der Waals surface area contributed by atoms with Gasteiger partial charge in [-0.25, -0.2) is 4.98 Å². The third-order valence-corrected chi connectivity index (χ3v) is 6.56. The van der Waals surface area contributed by atoms with E-state index >= 15 is 0 Å². The highest BCUT2D eigenvalue weighted by Gasteiger charge is 2.30. The number of aromatic nitrogens is 2. The van der Waals surface area contributed by atoms with Gasteiger partial charge in [-0.05, 0) is 49.3 Å². The average molecular weight is 449 g/mol. The Kier molecular flexibility index (Phi) is 8.79. The minimum absolute atomic E-state index is 0.141. The minimum Gasteiger partial charge on any atom is -0.494 e. The van der Waals surface area contributed by atoms with Crippen LogP contribution in [0.4, 0.5) is 0 Å². The van der Waals surface area contributed by atoms with Crippen molar-refractivity contribution in [3.63, 3.8) is 0 Å². The van der Waals surface area contributed by atoms with Gasteiger partial charge in [-0.1, -0.05) is 49.9 Å². The zero-order chi connectivity index (χ0) is 22.2. The lowest BCUT2D eigenvalue weighted by Gasteiger charge is -2.28. The monoisotopic (exact) mass is 448 g/mol. The highest BCUT2D eigenvalue weighted by atomic mass is 35.5. The number of carboxylic acids is 1. The van der Waals surface area contributed by atoms with E-state index in [2.05, 4.69) is 11.9 Å². The van der Waals surface area contributed by atoms with Crippen LogP contribution < -0.4 is 4.74 Å². The first kappa shape index (κ1) is 23.6. The third kappa shape index (κ3) is 6.23. The van der Waals surface area contributed by atoms with Crippen LogP contribution in [0.25, 0.3) is 0 Å². The molecule has 0 amide bonds. The minimum atomic E-state index is -0.672. The van der Waals surface area contributed by atoms with Crippen LogP contribution in [0.15, 0.2) is 24.3 Å². The lowest BCUT2D eigenvalue weighted by atomic mass is 9.78. The van der Waals surface area contributed by atoms with Crippen molar-refractivity contribution in [2.75, 3.05) is 6.61 Å². The normalized spacial score (nSPS) is 18.8. The SMILES string of the molecule is CCCCc1nc(Cl)c(CO)n1Cc1ccc(OCCC2CCCCC2C(=O)O)cc1. The van der Waals surface area contributed by atoms with Crippen molar-refractivity contribution in [1.29, 1.82) is 0 Å². The van der Waals surface area contributed by atoms with E-state index in [0.717, 1.165) is 68.5 Å². The lowest BCUT2D eigenvalue weighted by molar-refractivity contribution is -0.145. The Morgan fingerprint density at radius 2 is 2.00 bits per heavy atom. The highest BCUT2D eigenvalue weighted by molar-refractivity contribution is 6.30. The molecule has 0 spiro atoms. The molecule has 2 N–H and O–H groups in total. The van der Waals surface area contributed by atoms with E-state index in [0.29, 0.717) is 24.0 Å². The number of aliphatic hydroxyl groups excluding tert-OH is 1. The molecule has 1 saturated carbocycles. The molecule has 1 fully saturated rings. The van der Waals surface area contributed by atoms with E-state index in [-0.39, 0.29) is 18.4 Å². The van der Waals surface area contributed by atoms with Gasteiger partial charge in [-0.2, -0.15) is 0 Å². The molecule has 0 saturated heterocycles. The smallest absolute Gasteiger partial charge is 0.306 e. The van der Waals surface area contributed by atoms with Crippen molar-refractivity contribution in [1.82, 2.24) is 9.55 Å². The maximum absolute atomic E-state index is 11.4. The Labute approximate surface area is 189 Å². The van der Waals surface area contributed by atoms with Crippen LogP contribution in [0.5, 0.6) is 5.75 Å². The Hall–Kier alpha value is -2.05. The van der Waals surface area contributed by atoms with Crippen molar-refractivity contribution in [3.05, 3.63) is 46.5 Å². The van der Waals surface area contributed by atoms with Gasteiger partial charge >= 0.3 is 5.97 Å². The number of nitrogens with zero attached hydrogens (tertiary/aromatic N) is 2. The van der Waals surface area contributed by atoms with Gasteiger partial charge in [0.15, 0.2) is 5.15 Å². The molecule has 2 unspecified atom stereocenters. The molecule has 0 radical (unpaired) electrons. The molecule has 0 bridgehead atoms. The fraction of sp³-hybridized carbons (Fsp3) is 0.583. The van der Waals surface area contributed by atoms with Crippen molar-refractivity contribution in [2.24, 2.45) is 11.8 Å². The summed E-state index contributed by atoms with van der Waals surface area (Å²) in [6.07, 6.45) is 7.56. The summed E-state index contributed by atoms with van der Waals surface area (Å²) in [5.41, 5.74) is 1.72. The Balaban J connectivity index is 1.58. The van der Waals surface area contributed by atoms with Crippen LogP contribution in [0, 0.1) is 11.8 Å². The number of rotatable bonds is 11. The predicted octanol–water partition coefficient (Wildman–Crippen LogP) is 5.08. The first-order valence-electron chi connectivity index (χ1n) is 11.3. The van der Waals surface area contributed by atoms with E-state index in [9.17, 15) is 15.0 Å². The molecular formula is C24H33ClN2O4. The van der Waals surface area contributed by atoms with Crippen LogP contribution in [0.1, 0.15) is 69.0 Å². The van der Waals surface area contributed by atoms with Gasteiger partial charge in [-0.3, -0.25) is 4.79 Å². The fourth-order valence-corrected chi connectivity index (χ4v) is 4.71. The number of imidazole rings is 1. The molecule has 1 aromatic heterocycles. The first-order valence-corrected chi connectivity index (χ1v) is 11.7. The highest BCUT2D eigenvalue weighted by Crippen LogP contribution is 2.32. The number of halogens is 1. The molecule has 2 aromatic rings. The van der Waals surface area contributed by atoms with Gasteiger partial charge in [0.05, 0.1) is 24.8 Å². The molecule has 1 heterocycles. The van der Waals surface area contributed by atoms with Gasteiger partial charge < -0.3 is 19.5 Å². The Morgan fingerprint density at radius 3 is 2.68 bits per heavy atom. The van der Waals surface area contributed by atoms with E-state index in [1.54, 1.807) is 0 Å². The molecule has 7 heteroatoms. The Morgan fingerprint density at radius 1 is 1.26 bits per heavy atom. The number of ether oxygens (including phenoxy) is 1. The van der Waals surface area contributed by atoms with Gasteiger partial charge in [0.1, 0.15) is 11.6 Å². The topological polar surface area (TPSA) is 84.6 Å². The number of carbonyl (C=O) groups is 1. The van der Waals surface area contributed by atoms with Gasteiger partial charge in [0.25, 0.3) is 0 Å². The number of aryl methyl sites for hydroxylation is 1. The molecule has 1 aliphatic carbocycles. The largest absolute Gasteiger partial charge is 0.494 e. The standard InChI is InChI=1S/C24H33ClN2O4/c1-2-3-8-22-26-23(25)21(16-28)27(22)15-17-9-11-19(12-10-17)31-14-13-18-6-4-5-7-20(18)24(29)30/h9-12,18,20,28H,2-8,13-16H2,1H3,(H,29,30). The van der Waals surface area contributed by atoms with Crippen LogP contribution in [-0.2, 0) is 24.4 Å². The molecule has 3 rings (SSSR count). The second kappa shape index (κ2) is 11.5.